The van der Waals surface area contributed by atoms with Gasteiger partial charge in [-0.3, -0.25) is 4.79 Å². The van der Waals surface area contributed by atoms with E-state index in [0.717, 1.165) is 35.4 Å². The van der Waals surface area contributed by atoms with Crippen molar-refractivity contribution in [2.24, 2.45) is 0 Å². The number of hydrogen-bond acceptors (Lipinski definition) is 4. The molecule has 0 unspecified atom stereocenters. The molecule has 0 bridgehead atoms. The molecule has 0 fully saturated rings. The molecule has 2 rings (SSSR count). The first-order chi connectivity index (χ1) is 14.2. The van der Waals surface area contributed by atoms with Crippen LogP contribution in [-0.2, 0) is 20.5 Å². The second-order valence-electron chi connectivity index (χ2n) is 6.46. The van der Waals surface area contributed by atoms with Crippen molar-refractivity contribution in [3.05, 3.63) is 65.2 Å². The number of rotatable bonds is 8. The Kier molecular flexibility index (Phi) is 8.03. The lowest BCUT2D eigenvalue weighted by atomic mass is 10.1. The van der Waals surface area contributed by atoms with Gasteiger partial charge in [-0.25, -0.2) is 4.79 Å². The number of hydrogen-bond donors (Lipinski definition) is 1. The number of anilines is 1. The SMILES string of the molecule is CCCOc1ccc(C(F)(F)F)cc1NC(=O)COC(=O)/C=C/c1ccc(C)cc1. The highest BCUT2D eigenvalue weighted by Gasteiger charge is 2.31. The fourth-order valence-corrected chi connectivity index (χ4v) is 2.35. The van der Waals surface area contributed by atoms with Gasteiger partial charge >= 0.3 is 12.1 Å². The van der Waals surface area contributed by atoms with Crippen molar-refractivity contribution in [3.63, 3.8) is 0 Å². The van der Waals surface area contributed by atoms with Crippen molar-refractivity contribution in [1.82, 2.24) is 0 Å². The van der Waals surface area contributed by atoms with Crippen LogP contribution in [0.2, 0.25) is 0 Å². The zero-order valence-corrected chi connectivity index (χ0v) is 16.6. The highest BCUT2D eigenvalue weighted by molar-refractivity contribution is 5.95. The highest BCUT2D eigenvalue weighted by Crippen LogP contribution is 2.35. The summed E-state index contributed by atoms with van der Waals surface area (Å²) in [4.78, 5) is 23.8. The summed E-state index contributed by atoms with van der Waals surface area (Å²) in [6.45, 7) is 3.39. The van der Waals surface area contributed by atoms with Gasteiger partial charge in [0.2, 0.25) is 0 Å². The quantitative estimate of drug-likeness (QED) is 0.481. The number of amides is 1. The summed E-state index contributed by atoms with van der Waals surface area (Å²) < 4.78 is 49.1. The molecule has 8 heteroatoms. The predicted molar refractivity (Wildman–Crippen MR) is 107 cm³/mol. The average Bonchev–Trinajstić information content (AvgIpc) is 2.70. The van der Waals surface area contributed by atoms with E-state index in [1.807, 2.05) is 38.1 Å². The minimum atomic E-state index is -4.57. The number of nitrogens with one attached hydrogen (secondary N) is 1. The van der Waals surface area contributed by atoms with Crippen LogP contribution in [0.4, 0.5) is 18.9 Å². The Balaban J connectivity index is 1.98. The van der Waals surface area contributed by atoms with Crippen molar-refractivity contribution in [2.75, 3.05) is 18.5 Å². The summed E-state index contributed by atoms with van der Waals surface area (Å²) in [5.74, 6) is -1.44. The van der Waals surface area contributed by atoms with E-state index in [1.54, 1.807) is 0 Å². The van der Waals surface area contributed by atoms with E-state index in [4.69, 9.17) is 9.47 Å². The lowest BCUT2D eigenvalue weighted by Gasteiger charge is -2.15. The van der Waals surface area contributed by atoms with E-state index in [0.29, 0.717) is 6.42 Å². The number of ether oxygens (including phenoxy) is 2. The van der Waals surface area contributed by atoms with Gasteiger partial charge in [-0.15, -0.1) is 0 Å². The minimum Gasteiger partial charge on any atom is -0.491 e. The Hall–Kier alpha value is -3.29. The molecule has 0 aliphatic rings. The molecule has 1 amide bonds. The lowest BCUT2D eigenvalue weighted by Crippen LogP contribution is -2.21. The monoisotopic (exact) mass is 421 g/mol. The Morgan fingerprint density at radius 3 is 2.43 bits per heavy atom. The Labute approximate surface area is 172 Å². The van der Waals surface area contributed by atoms with Crippen LogP contribution in [0, 0.1) is 6.92 Å². The van der Waals surface area contributed by atoms with E-state index in [1.165, 1.54) is 6.08 Å². The first kappa shape index (κ1) is 23.0. The third-order valence-electron chi connectivity index (χ3n) is 3.88. The molecule has 2 aromatic rings. The van der Waals surface area contributed by atoms with Gasteiger partial charge in [-0.2, -0.15) is 13.2 Å². The highest BCUT2D eigenvalue weighted by atomic mass is 19.4. The second kappa shape index (κ2) is 10.5. The van der Waals surface area contributed by atoms with Crippen molar-refractivity contribution in [3.8, 4) is 5.75 Å². The Bertz CT molecular complexity index is 906. The molecule has 0 aliphatic carbocycles. The first-order valence-electron chi connectivity index (χ1n) is 9.24. The van der Waals surface area contributed by atoms with Gasteiger partial charge < -0.3 is 14.8 Å². The van der Waals surface area contributed by atoms with Crippen molar-refractivity contribution >= 4 is 23.6 Å². The van der Waals surface area contributed by atoms with Crippen LogP contribution in [-0.4, -0.2) is 25.1 Å². The van der Waals surface area contributed by atoms with Crippen LogP contribution in [0.1, 0.15) is 30.0 Å². The lowest BCUT2D eigenvalue weighted by molar-refractivity contribution is -0.142. The van der Waals surface area contributed by atoms with E-state index >= 15 is 0 Å². The molecule has 30 heavy (non-hydrogen) atoms. The topological polar surface area (TPSA) is 64.6 Å². The molecule has 0 spiro atoms. The van der Waals surface area contributed by atoms with Gasteiger partial charge in [0.25, 0.3) is 5.91 Å². The zero-order valence-electron chi connectivity index (χ0n) is 16.6. The maximum Gasteiger partial charge on any atom is 0.416 e. The number of alkyl halides is 3. The van der Waals surface area contributed by atoms with E-state index < -0.39 is 30.2 Å². The zero-order chi connectivity index (χ0) is 22.1. The smallest absolute Gasteiger partial charge is 0.416 e. The Morgan fingerprint density at radius 2 is 1.80 bits per heavy atom. The molecular formula is C22H22F3NO4. The summed E-state index contributed by atoms with van der Waals surface area (Å²) in [6.07, 6.45) is -1.24. The maximum atomic E-state index is 13.0. The van der Waals surface area contributed by atoms with Crippen LogP contribution in [0.15, 0.2) is 48.5 Å². The molecule has 0 aliphatic heterocycles. The van der Waals surface area contributed by atoms with Crippen LogP contribution >= 0.6 is 0 Å². The maximum absolute atomic E-state index is 13.0. The molecule has 0 atom stereocenters. The summed E-state index contributed by atoms with van der Waals surface area (Å²) in [5, 5.41) is 2.30. The number of halogens is 3. The molecule has 2 aromatic carbocycles. The van der Waals surface area contributed by atoms with Crippen molar-refractivity contribution in [1.29, 1.82) is 0 Å². The fourth-order valence-electron chi connectivity index (χ4n) is 2.35. The number of benzene rings is 2. The van der Waals surface area contributed by atoms with Crippen LogP contribution in [0.5, 0.6) is 5.75 Å². The minimum absolute atomic E-state index is 0.101. The largest absolute Gasteiger partial charge is 0.491 e. The van der Waals surface area contributed by atoms with Gasteiger partial charge in [0.15, 0.2) is 6.61 Å². The van der Waals surface area contributed by atoms with Gasteiger partial charge in [0.1, 0.15) is 5.75 Å². The standard InChI is InChI=1S/C22H22F3NO4/c1-3-12-29-19-10-9-17(22(23,24)25)13-18(19)26-20(27)14-30-21(28)11-8-16-6-4-15(2)5-7-16/h4-11,13H,3,12,14H2,1-2H3,(H,26,27)/b11-8+. The van der Waals surface area contributed by atoms with Gasteiger partial charge in [0.05, 0.1) is 17.9 Å². The molecule has 0 radical (unpaired) electrons. The number of esters is 1. The van der Waals surface area contributed by atoms with Crippen molar-refractivity contribution < 1.29 is 32.2 Å². The summed E-state index contributed by atoms with van der Waals surface area (Å²) in [6, 6.07) is 10.2. The van der Waals surface area contributed by atoms with E-state index in [2.05, 4.69) is 5.32 Å². The third-order valence-corrected chi connectivity index (χ3v) is 3.88. The third kappa shape index (κ3) is 7.27. The average molecular weight is 421 g/mol. The molecule has 0 heterocycles. The molecule has 160 valence electrons. The summed E-state index contributed by atoms with van der Waals surface area (Å²) >= 11 is 0. The second-order valence-corrected chi connectivity index (χ2v) is 6.46. The fraction of sp³-hybridized carbons (Fsp3) is 0.273. The van der Waals surface area contributed by atoms with E-state index in [-0.39, 0.29) is 18.0 Å². The summed E-state index contributed by atoms with van der Waals surface area (Å²) in [7, 11) is 0. The van der Waals surface area contributed by atoms with Crippen molar-refractivity contribution in [2.45, 2.75) is 26.4 Å². The molecule has 5 nitrogen and oxygen atoms in total. The van der Waals surface area contributed by atoms with Crippen LogP contribution in [0.3, 0.4) is 0 Å². The normalized spacial score (nSPS) is 11.4. The Morgan fingerprint density at radius 1 is 1.10 bits per heavy atom. The number of aryl methyl sites for hydroxylation is 1. The van der Waals surface area contributed by atoms with Gasteiger partial charge in [-0.1, -0.05) is 36.8 Å². The van der Waals surface area contributed by atoms with Crippen LogP contribution in [0.25, 0.3) is 6.08 Å². The van der Waals surface area contributed by atoms with Crippen LogP contribution < -0.4 is 10.1 Å². The molecule has 0 saturated heterocycles. The van der Waals surface area contributed by atoms with Gasteiger partial charge in [-0.05, 0) is 43.2 Å². The van der Waals surface area contributed by atoms with Gasteiger partial charge in [0, 0.05) is 6.08 Å². The number of carbonyl (C=O) groups excluding carboxylic acids is 2. The number of carbonyl (C=O) groups is 2. The molecule has 1 N–H and O–H groups in total. The molecular weight excluding hydrogens is 399 g/mol. The molecule has 0 saturated carbocycles. The predicted octanol–water partition coefficient (Wildman–Crippen LogP) is 5.00. The summed E-state index contributed by atoms with van der Waals surface area (Å²) in [5.41, 5.74) is 0.779. The molecule has 0 aromatic heterocycles. The van der Waals surface area contributed by atoms with E-state index in [9.17, 15) is 22.8 Å². The first-order valence-corrected chi connectivity index (χ1v) is 9.24.